The minimum atomic E-state index is -1.07. The predicted molar refractivity (Wildman–Crippen MR) is 242 cm³/mol. The molecule has 2 aliphatic carbocycles. The summed E-state index contributed by atoms with van der Waals surface area (Å²) in [7, 11) is 3.55. The standard InChI is InChI=1S/C49H60N6O8Si/c1-9-54-37-15-14-29-21-33(37)35(41(54)32-12-10-16-50-39(32)27(4)62-8)24-47(5,6)25-63-44(60)36-13-11-17-55(52-36)46(61)48(23-28-18-30(29)20-31(56)19-28)45-49(48,64-45)51-42(58)40(26(2)3)53(7)43(59)34-22-38(34)57/h10,12,14-16,18-21,26-27,34,36,38,40,45,52,56-57H,9,11,13,17,22-25H2,1-8H3,(H,51,58)/t27-,34+,36-,38-,40-,45+,48?,49?/m0/s1. The number of ether oxygens (including phenoxy) is 2. The Balaban J connectivity index is 1.15. The number of amides is 3. The van der Waals surface area contributed by atoms with E-state index >= 15 is 4.79 Å². The van der Waals surface area contributed by atoms with Crippen LogP contribution in [0.25, 0.3) is 33.3 Å². The van der Waals surface area contributed by atoms with Crippen molar-refractivity contribution in [2.24, 2.45) is 22.7 Å². The SMILES string of the molecule is CCn1c(-c2cccnc2[C@H](C)OC)c2c3cc(ccc31)-c1cc(O)cc(c1)CC1(C(=O)N3CCC[C@H](N3)C(=O)OCC(C)(C)C2)[C@H]2[Si]C21NC(=O)[C@H](C(C)C)N(C)C(=O)[C@@H]1C[C@@H]1O. The van der Waals surface area contributed by atoms with Gasteiger partial charge in [-0.1, -0.05) is 39.8 Å². The smallest absolute Gasteiger partial charge is 0.324 e. The summed E-state index contributed by atoms with van der Waals surface area (Å²) in [5, 5.41) is 26.5. The number of cyclic esters (lactones) is 1. The predicted octanol–water partition coefficient (Wildman–Crippen LogP) is 5.15. The highest BCUT2D eigenvalue weighted by molar-refractivity contribution is 6.67. The molecule has 2 saturated heterocycles. The molecule has 2 aromatic carbocycles. The van der Waals surface area contributed by atoms with E-state index < -0.39 is 46.1 Å². The van der Waals surface area contributed by atoms with E-state index in [1.807, 2.05) is 32.9 Å². The fourth-order valence-electron chi connectivity index (χ4n) is 10.7. The maximum absolute atomic E-state index is 15.1. The van der Waals surface area contributed by atoms with Gasteiger partial charge in [-0.2, -0.15) is 0 Å². The van der Waals surface area contributed by atoms with Gasteiger partial charge in [-0.3, -0.25) is 29.2 Å². The minimum absolute atomic E-state index is 0.0577. The second-order valence-corrected chi connectivity index (χ2v) is 21.5. The van der Waals surface area contributed by atoms with Crippen molar-refractivity contribution < 1.29 is 38.9 Å². The van der Waals surface area contributed by atoms with Gasteiger partial charge in [-0.15, -0.1) is 0 Å². The molecule has 5 heterocycles. The Morgan fingerprint density at radius 2 is 1.88 bits per heavy atom. The Morgan fingerprint density at radius 3 is 2.56 bits per heavy atom. The van der Waals surface area contributed by atoms with E-state index in [0.717, 1.165) is 50.1 Å². The van der Waals surface area contributed by atoms with Crippen molar-refractivity contribution in [3.05, 3.63) is 71.5 Å². The number of methoxy groups -OCH3 is 1. The summed E-state index contributed by atoms with van der Waals surface area (Å²) in [6.45, 7) is 13.3. The van der Waals surface area contributed by atoms with Crippen molar-refractivity contribution in [1.29, 1.82) is 0 Å². The van der Waals surface area contributed by atoms with Gasteiger partial charge < -0.3 is 34.5 Å². The van der Waals surface area contributed by atoms with E-state index in [2.05, 4.69) is 60.3 Å². The monoisotopic (exact) mass is 888 g/mol. The van der Waals surface area contributed by atoms with Crippen molar-refractivity contribution >= 4 is 44.1 Å². The van der Waals surface area contributed by atoms with Gasteiger partial charge in [0.1, 0.15) is 17.8 Å². The van der Waals surface area contributed by atoms with Gasteiger partial charge in [-0.05, 0) is 116 Å². The molecule has 338 valence electrons. The van der Waals surface area contributed by atoms with Crippen LogP contribution in [0.3, 0.4) is 0 Å². The van der Waals surface area contributed by atoms with Crippen LogP contribution in [0.15, 0.2) is 54.7 Å². The zero-order valence-corrected chi connectivity index (χ0v) is 39.0. The number of phenolic OH excluding ortho intramolecular Hbond substituents is 1. The average molecular weight is 889 g/mol. The van der Waals surface area contributed by atoms with Crippen molar-refractivity contribution in [2.45, 2.75) is 115 Å². The summed E-state index contributed by atoms with van der Waals surface area (Å²) >= 11 is 0. The number of hydrogen-bond donors (Lipinski definition) is 4. The fourth-order valence-corrected chi connectivity index (χ4v) is 12.8. The Kier molecular flexibility index (Phi) is 11.1. The molecule has 1 spiro atoms. The zero-order valence-electron chi connectivity index (χ0n) is 38.0. The van der Waals surface area contributed by atoms with Crippen molar-refractivity contribution in [1.82, 2.24) is 30.2 Å². The first kappa shape index (κ1) is 44.1. The molecule has 2 aromatic heterocycles. The molecule has 64 heavy (non-hydrogen) atoms. The molecule has 3 aliphatic heterocycles. The van der Waals surface area contributed by atoms with E-state index in [-0.39, 0.29) is 63.6 Å². The number of phenols is 1. The van der Waals surface area contributed by atoms with Crippen LogP contribution in [0.4, 0.5) is 0 Å². The van der Waals surface area contributed by atoms with E-state index in [4.69, 9.17) is 14.5 Å². The van der Waals surface area contributed by atoms with Gasteiger partial charge in [-0.25, -0.2) is 5.43 Å². The molecule has 4 fully saturated rings. The minimum Gasteiger partial charge on any atom is -0.508 e. The highest BCUT2D eigenvalue weighted by Crippen LogP contribution is 2.81. The highest BCUT2D eigenvalue weighted by atomic mass is 28.2. The first-order valence-electron chi connectivity index (χ1n) is 22.7. The zero-order chi connectivity index (χ0) is 45.6. The third-order valence-electron chi connectivity index (χ3n) is 14.4. The van der Waals surface area contributed by atoms with Crippen molar-refractivity contribution in [3.8, 4) is 28.1 Å². The van der Waals surface area contributed by atoms with E-state index in [9.17, 15) is 24.6 Å². The summed E-state index contributed by atoms with van der Waals surface area (Å²) < 4.78 is 14.3. The average Bonchev–Trinajstić information content (AvgIpc) is 4.23. The molecule has 4 aromatic rings. The number of carbonyl (C=O) groups is 4. The van der Waals surface area contributed by atoms with E-state index in [0.29, 0.717) is 38.8 Å². The Labute approximate surface area is 376 Å². The van der Waals surface area contributed by atoms with Crippen LogP contribution in [0, 0.1) is 22.7 Å². The molecular formula is C49H60N6O8Si. The number of aryl methyl sites for hydroxylation is 1. The summed E-state index contributed by atoms with van der Waals surface area (Å²) in [4.78, 5) is 63.0. The van der Waals surface area contributed by atoms with Gasteiger partial charge in [0.05, 0.1) is 51.1 Å². The van der Waals surface area contributed by atoms with Crippen molar-refractivity contribution in [2.75, 3.05) is 27.3 Å². The first-order chi connectivity index (χ1) is 30.4. The lowest BCUT2D eigenvalue weighted by molar-refractivity contribution is -0.156. The van der Waals surface area contributed by atoms with Gasteiger partial charge >= 0.3 is 5.97 Å². The summed E-state index contributed by atoms with van der Waals surface area (Å²) in [6.07, 6.45) is 3.05. The number of esters is 1. The molecule has 14 nitrogen and oxygen atoms in total. The molecule has 5 aliphatic rings. The van der Waals surface area contributed by atoms with Gasteiger partial charge in [0.2, 0.25) is 17.7 Å². The number of aliphatic hydroxyl groups excluding tert-OH is 1. The van der Waals surface area contributed by atoms with Crippen molar-refractivity contribution in [3.63, 3.8) is 0 Å². The Bertz CT molecular complexity index is 2560. The highest BCUT2D eigenvalue weighted by Gasteiger charge is 2.93. The normalized spacial score (nSPS) is 27.9. The Hall–Kier alpha value is -5.09. The summed E-state index contributed by atoms with van der Waals surface area (Å²) in [5.74, 6) is -1.96. The number of fused-ring (bicyclic) bond motifs is 9. The van der Waals surface area contributed by atoms with Crippen LogP contribution in [-0.4, -0.2) is 114 Å². The number of rotatable bonds is 9. The lowest BCUT2D eigenvalue weighted by Gasteiger charge is -2.39. The number of benzene rings is 2. The topological polar surface area (TPSA) is 176 Å². The molecule has 9 rings (SSSR count). The summed E-state index contributed by atoms with van der Waals surface area (Å²) in [5.41, 5.74) is 8.82. The number of aromatic hydroxyl groups is 1. The molecule has 6 bridgehead atoms. The Morgan fingerprint density at radius 1 is 1.11 bits per heavy atom. The molecular weight excluding hydrogens is 829 g/mol. The fraction of sp³-hybridized carbons (Fsp3) is 0.531. The number of nitrogens with one attached hydrogen (secondary N) is 2. The molecule has 3 amide bonds. The number of aliphatic hydroxyl groups is 1. The third kappa shape index (κ3) is 7.32. The number of likely N-dealkylation sites (N-methyl/N-ethyl adjacent to an activating group) is 1. The number of aromatic nitrogens is 2. The largest absolute Gasteiger partial charge is 0.508 e. The number of nitrogens with zero attached hydrogens (tertiary/aromatic N) is 4. The summed E-state index contributed by atoms with van der Waals surface area (Å²) in [6, 6.07) is 14.3. The van der Waals surface area contributed by atoms with Gasteiger partial charge in [0.25, 0.3) is 0 Å². The molecule has 4 N–H and O–H groups in total. The molecule has 2 saturated carbocycles. The maximum atomic E-state index is 15.1. The molecule has 2 unspecified atom stereocenters. The lowest BCUT2D eigenvalue weighted by Crippen LogP contribution is -2.61. The molecule has 2 radical (unpaired) electrons. The van der Waals surface area contributed by atoms with Crippen LogP contribution < -0.4 is 10.7 Å². The van der Waals surface area contributed by atoms with Crippen LogP contribution in [0.2, 0.25) is 5.54 Å². The number of carbonyl (C=O) groups excluding carboxylic acids is 4. The van der Waals surface area contributed by atoms with E-state index in [1.54, 1.807) is 37.5 Å². The lowest BCUT2D eigenvalue weighted by atomic mass is 9.84. The third-order valence-corrected chi connectivity index (χ3v) is 16.6. The molecule has 8 atom stereocenters. The van der Waals surface area contributed by atoms with Crippen LogP contribution >= 0.6 is 0 Å². The second-order valence-electron chi connectivity index (χ2n) is 19.8. The van der Waals surface area contributed by atoms with Crippen LogP contribution in [0.1, 0.15) is 83.7 Å². The second kappa shape index (κ2) is 16.1. The van der Waals surface area contributed by atoms with Crippen LogP contribution in [0.5, 0.6) is 5.75 Å². The van der Waals surface area contributed by atoms with Gasteiger partial charge in [0.15, 0.2) is 0 Å². The van der Waals surface area contributed by atoms with Crippen LogP contribution in [-0.2, 0) is 48.0 Å². The van der Waals surface area contributed by atoms with E-state index in [1.165, 1.54) is 4.90 Å². The quantitative estimate of drug-likeness (QED) is 0.130. The first-order valence-corrected chi connectivity index (χ1v) is 23.8. The molecule has 15 heteroatoms. The maximum Gasteiger partial charge on any atom is 0.324 e. The number of hydrazine groups is 1. The number of hydrogen-bond acceptors (Lipinski definition) is 10. The number of pyridine rings is 1. The van der Waals surface area contributed by atoms with Gasteiger partial charge in [0, 0.05) is 60.5 Å².